The van der Waals surface area contributed by atoms with Gasteiger partial charge in [0.1, 0.15) is 17.1 Å². The Bertz CT molecular complexity index is 794. The Hall–Kier alpha value is -1.82. The van der Waals surface area contributed by atoms with Gasteiger partial charge >= 0.3 is 6.09 Å². The van der Waals surface area contributed by atoms with Crippen molar-refractivity contribution in [3.05, 3.63) is 23.9 Å². The molecule has 0 aliphatic carbocycles. The molecule has 1 aliphatic rings. The molecule has 9 nitrogen and oxygen atoms in total. The number of anilines is 1. The van der Waals surface area contributed by atoms with E-state index in [1.54, 1.807) is 11.9 Å². The van der Waals surface area contributed by atoms with Gasteiger partial charge in [-0.3, -0.25) is 9.89 Å². The molecule has 1 aromatic rings. The summed E-state index contributed by atoms with van der Waals surface area (Å²) in [7, 11) is 5.63. The molecule has 0 aromatic carbocycles. The van der Waals surface area contributed by atoms with E-state index in [1.807, 2.05) is 78.7 Å². The normalized spacial score (nSPS) is 20.4. The van der Waals surface area contributed by atoms with Crippen LogP contribution in [0.3, 0.4) is 0 Å². The number of carbonyl (C=O) groups is 1. The molecule has 10 heteroatoms. The molecule has 0 radical (unpaired) electrons. The molecule has 0 spiro atoms. The van der Waals surface area contributed by atoms with Crippen LogP contribution in [0.2, 0.25) is 0 Å². The molecule has 32 heavy (non-hydrogen) atoms. The Kier molecular flexibility index (Phi) is 10.0. The van der Waals surface area contributed by atoms with Crippen molar-refractivity contribution in [1.29, 1.82) is 0 Å². The lowest BCUT2D eigenvalue weighted by molar-refractivity contribution is -0.0755. The van der Waals surface area contributed by atoms with Gasteiger partial charge in [-0.2, -0.15) is 0 Å². The van der Waals surface area contributed by atoms with Crippen molar-refractivity contribution < 1.29 is 14.3 Å². The largest absolute Gasteiger partial charge is 0.444 e. The minimum Gasteiger partial charge on any atom is -0.444 e. The molecule has 1 saturated heterocycles. The summed E-state index contributed by atoms with van der Waals surface area (Å²) in [5.74, 6) is 1.52. The van der Waals surface area contributed by atoms with Crippen LogP contribution < -0.4 is 15.5 Å². The number of ether oxygens (including phenoxy) is 2. The van der Waals surface area contributed by atoms with Crippen molar-refractivity contribution in [3.63, 3.8) is 0 Å². The highest BCUT2D eigenvalue weighted by molar-refractivity contribution is 14.0. The second-order valence-electron chi connectivity index (χ2n) is 9.38. The fourth-order valence-corrected chi connectivity index (χ4v) is 3.53. The summed E-state index contributed by atoms with van der Waals surface area (Å²) in [6.07, 6.45) is -0.548. The first-order chi connectivity index (χ1) is 14.3. The predicted octanol–water partition coefficient (Wildman–Crippen LogP) is 3.19. The number of nitrogens with one attached hydrogen (secondary N) is 2. The second-order valence-corrected chi connectivity index (χ2v) is 9.38. The first-order valence-electron chi connectivity index (χ1n) is 10.6. The standard InChI is InChI=1S/C22H38N6O3.HI/c1-15-17(28(22(5,6)30-15)20(29)31-21(2,3)4)14-25-19(23-7)24-13-16-11-10-12-18(26-16)27(8)9;/h10-12,15,17H,13-14H2,1-9H3,(H2,23,24,25);1H. The molecule has 182 valence electrons. The predicted molar refractivity (Wildman–Crippen MR) is 139 cm³/mol. The summed E-state index contributed by atoms with van der Waals surface area (Å²) >= 11 is 0. The summed E-state index contributed by atoms with van der Waals surface area (Å²) < 4.78 is 11.7. The van der Waals surface area contributed by atoms with Gasteiger partial charge in [-0.1, -0.05) is 6.07 Å². The number of aromatic nitrogens is 1. The number of amides is 1. The molecular formula is C22H39IN6O3. The van der Waals surface area contributed by atoms with Crippen LogP contribution in [-0.2, 0) is 16.0 Å². The number of guanidine groups is 1. The maximum atomic E-state index is 12.9. The van der Waals surface area contributed by atoms with Crippen molar-refractivity contribution in [1.82, 2.24) is 20.5 Å². The van der Waals surface area contributed by atoms with Crippen molar-refractivity contribution in [2.45, 2.75) is 71.6 Å². The first kappa shape index (κ1) is 28.2. The van der Waals surface area contributed by atoms with E-state index in [1.165, 1.54) is 0 Å². The molecule has 2 unspecified atom stereocenters. The van der Waals surface area contributed by atoms with Gasteiger partial charge in [-0.05, 0) is 53.7 Å². The smallest absolute Gasteiger partial charge is 0.412 e. The molecule has 0 saturated carbocycles. The minimum absolute atomic E-state index is 0. The zero-order valence-electron chi connectivity index (χ0n) is 20.7. The SMILES string of the molecule is CN=C(NCc1cccc(N(C)C)n1)NCC1C(C)OC(C)(C)N1C(=O)OC(C)(C)C.I. The third-order valence-corrected chi connectivity index (χ3v) is 4.91. The van der Waals surface area contributed by atoms with Crippen LogP contribution in [0.4, 0.5) is 10.6 Å². The van der Waals surface area contributed by atoms with Crippen molar-refractivity contribution in [3.8, 4) is 0 Å². The summed E-state index contributed by atoms with van der Waals surface area (Å²) in [5.41, 5.74) is -0.437. The van der Waals surface area contributed by atoms with E-state index in [2.05, 4.69) is 20.6 Å². The van der Waals surface area contributed by atoms with Crippen LogP contribution in [0.5, 0.6) is 0 Å². The third-order valence-electron chi connectivity index (χ3n) is 4.91. The Labute approximate surface area is 209 Å². The quantitative estimate of drug-likeness (QED) is 0.324. The summed E-state index contributed by atoms with van der Waals surface area (Å²) in [6, 6.07) is 5.70. The number of aliphatic imine (C=N–C) groups is 1. The molecule has 2 heterocycles. The average Bonchev–Trinajstić information content (AvgIpc) is 2.88. The Balaban J connectivity index is 0.00000512. The summed E-state index contributed by atoms with van der Waals surface area (Å²) in [6.45, 7) is 12.3. The lowest BCUT2D eigenvalue weighted by Crippen LogP contribution is -2.54. The van der Waals surface area contributed by atoms with Crippen molar-refractivity contribution in [2.75, 3.05) is 32.6 Å². The van der Waals surface area contributed by atoms with Crippen LogP contribution >= 0.6 is 24.0 Å². The van der Waals surface area contributed by atoms with E-state index in [9.17, 15) is 4.79 Å². The van der Waals surface area contributed by atoms with Crippen LogP contribution in [0.25, 0.3) is 0 Å². The number of hydrogen-bond donors (Lipinski definition) is 2. The average molecular weight is 562 g/mol. The molecule has 1 aromatic heterocycles. The van der Waals surface area contributed by atoms with Crippen molar-refractivity contribution >= 4 is 41.8 Å². The molecule has 2 atom stereocenters. The van der Waals surface area contributed by atoms with Gasteiger partial charge < -0.3 is 25.0 Å². The second kappa shape index (κ2) is 11.4. The van der Waals surface area contributed by atoms with Crippen LogP contribution in [-0.4, -0.2) is 73.1 Å². The number of hydrogen-bond acceptors (Lipinski definition) is 6. The maximum Gasteiger partial charge on any atom is 0.412 e. The lowest BCUT2D eigenvalue weighted by atomic mass is 10.1. The van der Waals surface area contributed by atoms with Gasteiger partial charge in [0.25, 0.3) is 0 Å². The summed E-state index contributed by atoms with van der Waals surface area (Å²) in [4.78, 5) is 25.4. The Morgan fingerprint density at radius 2 is 1.97 bits per heavy atom. The molecule has 2 rings (SSSR count). The maximum absolute atomic E-state index is 12.9. The fraction of sp³-hybridized carbons (Fsp3) is 0.682. The van der Waals surface area contributed by atoms with Gasteiger partial charge in [0, 0.05) is 27.7 Å². The van der Waals surface area contributed by atoms with E-state index < -0.39 is 11.3 Å². The zero-order valence-corrected chi connectivity index (χ0v) is 23.1. The highest BCUT2D eigenvalue weighted by atomic mass is 127. The number of halogens is 1. The molecule has 0 bridgehead atoms. The van der Waals surface area contributed by atoms with Gasteiger partial charge in [0.2, 0.25) is 0 Å². The van der Waals surface area contributed by atoms with Crippen LogP contribution in [0.1, 0.15) is 47.2 Å². The Morgan fingerprint density at radius 3 is 2.53 bits per heavy atom. The number of pyridine rings is 1. The van der Waals surface area contributed by atoms with E-state index in [-0.39, 0.29) is 42.2 Å². The molecule has 1 aliphatic heterocycles. The van der Waals surface area contributed by atoms with E-state index in [4.69, 9.17) is 9.47 Å². The number of nitrogens with zero attached hydrogens (tertiary/aromatic N) is 4. The zero-order chi connectivity index (χ0) is 23.4. The van der Waals surface area contributed by atoms with Crippen LogP contribution in [0, 0.1) is 0 Å². The van der Waals surface area contributed by atoms with Gasteiger partial charge in [0.15, 0.2) is 5.96 Å². The minimum atomic E-state index is -0.762. The topological polar surface area (TPSA) is 91.3 Å². The van der Waals surface area contributed by atoms with E-state index in [0.717, 1.165) is 11.5 Å². The Morgan fingerprint density at radius 1 is 1.31 bits per heavy atom. The highest BCUT2D eigenvalue weighted by Gasteiger charge is 2.49. The van der Waals surface area contributed by atoms with Crippen LogP contribution in [0.15, 0.2) is 23.2 Å². The third kappa shape index (κ3) is 7.65. The van der Waals surface area contributed by atoms with E-state index >= 15 is 0 Å². The number of carbonyl (C=O) groups excluding carboxylic acids is 1. The summed E-state index contributed by atoms with van der Waals surface area (Å²) in [5, 5.41) is 6.58. The highest BCUT2D eigenvalue weighted by Crippen LogP contribution is 2.33. The fourth-order valence-electron chi connectivity index (χ4n) is 3.53. The van der Waals surface area contributed by atoms with Crippen molar-refractivity contribution in [2.24, 2.45) is 4.99 Å². The molecule has 2 N–H and O–H groups in total. The van der Waals surface area contributed by atoms with E-state index in [0.29, 0.717) is 19.0 Å². The monoisotopic (exact) mass is 562 g/mol. The first-order valence-corrected chi connectivity index (χ1v) is 10.6. The molecule has 1 amide bonds. The molecular weight excluding hydrogens is 523 g/mol. The lowest BCUT2D eigenvalue weighted by Gasteiger charge is -2.35. The van der Waals surface area contributed by atoms with Gasteiger partial charge in [0.05, 0.1) is 24.4 Å². The van der Waals surface area contributed by atoms with Gasteiger partial charge in [-0.25, -0.2) is 9.78 Å². The molecule has 1 fully saturated rings. The number of rotatable bonds is 5. The van der Waals surface area contributed by atoms with Gasteiger partial charge in [-0.15, -0.1) is 24.0 Å².